The minimum Gasteiger partial charge on any atom is -0.354 e. The number of aromatic nitrogens is 1. The number of nitrogens with one attached hydrogen (secondary N) is 1. The zero-order chi connectivity index (χ0) is 17.4. The lowest BCUT2D eigenvalue weighted by molar-refractivity contribution is 1.41. The molecule has 2 nitrogen and oxygen atoms in total. The van der Waals surface area contributed by atoms with E-state index in [0.29, 0.717) is 5.56 Å². The van der Waals surface area contributed by atoms with Crippen LogP contribution in [0.5, 0.6) is 0 Å². The van der Waals surface area contributed by atoms with Gasteiger partial charge in [0.2, 0.25) is 0 Å². The number of fused-ring (bicyclic) bond motifs is 1. The van der Waals surface area contributed by atoms with Crippen LogP contribution in [0.15, 0.2) is 66.7 Å². The second kappa shape index (κ2) is 6.12. The van der Waals surface area contributed by atoms with Crippen LogP contribution in [0, 0.1) is 18.3 Å². The molecule has 0 aliphatic carbocycles. The van der Waals surface area contributed by atoms with Crippen LogP contribution >= 0.6 is 11.6 Å². The zero-order valence-corrected chi connectivity index (χ0v) is 14.4. The number of hydrogen-bond donors (Lipinski definition) is 1. The first-order valence-electron chi connectivity index (χ1n) is 8.04. The third kappa shape index (κ3) is 2.80. The molecule has 0 bridgehead atoms. The summed E-state index contributed by atoms with van der Waals surface area (Å²) in [6, 6.07) is 24.3. The highest BCUT2D eigenvalue weighted by Crippen LogP contribution is 2.32. The summed E-state index contributed by atoms with van der Waals surface area (Å²) in [5.74, 6) is 0. The van der Waals surface area contributed by atoms with E-state index >= 15 is 0 Å². The average Bonchev–Trinajstić information content (AvgIpc) is 3.04. The third-order valence-corrected chi connectivity index (χ3v) is 4.78. The van der Waals surface area contributed by atoms with E-state index in [2.05, 4.69) is 35.3 Å². The molecule has 4 aromatic rings. The molecule has 1 heterocycles. The fraction of sp³-hybridized carbons (Fsp3) is 0.0455. The molecular formula is C22H15ClN2. The first kappa shape index (κ1) is 15.5. The van der Waals surface area contributed by atoms with Crippen molar-refractivity contribution >= 4 is 22.5 Å². The van der Waals surface area contributed by atoms with E-state index < -0.39 is 0 Å². The van der Waals surface area contributed by atoms with Crippen molar-refractivity contribution in [3.63, 3.8) is 0 Å². The molecule has 0 amide bonds. The maximum absolute atomic E-state index is 9.03. The lowest BCUT2D eigenvalue weighted by atomic mass is 9.98. The summed E-state index contributed by atoms with van der Waals surface area (Å²) in [6.07, 6.45) is 0. The summed E-state index contributed by atoms with van der Waals surface area (Å²) in [4.78, 5) is 3.44. The summed E-state index contributed by atoms with van der Waals surface area (Å²) < 4.78 is 0. The molecule has 25 heavy (non-hydrogen) atoms. The van der Waals surface area contributed by atoms with E-state index in [9.17, 15) is 0 Å². The molecule has 1 aromatic heterocycles. The van der Waals surface area contributed by atoms with Gasteiger partial charge >= 0.3 is 0 Å². The molecule has 0 atom stereocenters. The van der Waals surface area contributed by atoms with E-state index in [4.69, 9.17) is 16.9 Å². The number of halogens is 1. The highest BCUT2D eigenvalue weighted by molar-refractivity contribution is 6.33. The number of aromatic amines is 1. The van der Waals surface area contributed by atoms with E-state index in [1.54, 1.807) is 0 Å². The predicted octanol–water partition coefficient (Wildman–Crippen LogP) is 6.34. The molecule has 4 rings (SSSR count). The number of hydrogen-bond acceptors (Lipinski definition) is 1. The van der Waals surface area contributed by atoms with Crippen molar-refractivity contribution in [3.05, 3.63) is 82.9 Å². The second-order valence-corrected chi connectivity index (χ2v) is 6.51. The van der Waals surface area contributed by atoms with Crippen LogP contribution in [0.1, 0.15) is 11.1 Å². The van der Waals surface area contributed by atoms with Gasteiger partial charge in [-0.3, -0.25) is 0 Å². The molecule has 0 radical (unpaired) electrons. The number of nitriles is 1. The quantitative estimate of drug-likeness (QED) is 0.454. The number of nitrogens with zero attached hydrogens (tertiary/aromatic N) is 1. The van der Waals surface area contributed by atoms with Gasteiger partial charge in [-0.2, -0.15) is 5.26 Å². The minimum absolute atomic E-state index is 0.685. The maximum Gasteiger partial charge on any atom is 0.0991 e. The molecule has 3 heteroatoms. The van der Waals surface area contributed by atoms with Crippen molar-refractivity contribution in [1.82, 2.24) is 4.98 Å². The number of H-pyrrole nitrogens is 1. The van der Waals surface area contributed by atoms with Crippen molar-refractivity contribution in [1.29, 1.82) is 5.26 Å². The number of aryl methyl sites for hydroxylation is 1. The van der Waals surface area contributed by atoms with Crippen molar-refractivity contribution in [3.8, 4) is 28.5 Å². The first-order chi connectivity index (χ1) is 12.2. The summed E-state index contributed by atoms with van der Waals surface area (Å²) in [5.41, 5.74) is 7.14. The second-order valence-electron chi connectivity index (χ2n) is 6.11. The minimum atomic E-state index is 0.685. The molecular weight excluding hydrogens is 328 g/mol. The third-order valence-electron chi connectivity index (χ3n) is 4.45. The van der Waals surface area contributed by atoms with E-state index in [1.807, 2.05) is 49.4 Å². The molecule has 0 fully saturated rings. The number of benzene rings is 3. The van der Waals surface area contributed by atoms with Crippen LogP contribution < -0.4 is 0 Å². The summed E-state index contributed by atoms with van der Waals surface area (Å²) in [7, 11) is 0. The van der Waals surface area contributed by atoms with E-state index in [1.165, 1.54) is 0 Å². The van der Waals surface area contributed by atoms with Gasteiger partial charge in [0.1, 0.15) is 0 Å². The molecule has 0 unspecified atom stereocenters. The van der Waals surface area contributed by atoms with Crippen molar-refractivity contribution < 1.29 is 0 Å². The Labute approximate surface area is 151 Å². The Hall–Kier alpha value is -3.02. The topological polar surface area (TPSA) is 39.6 Å². The van der Waals surface area contributed by atoms with Gasteiger partial charge in [0.15, 0.2) is 0 Å². The smallest absolute Gasteiger partial charge is 0.0991 e. The first-order valence-corrected chi connectivity index (χ1v) is 8.42. The highest BCUT2D eigenvalue weighted by atomic mass is 35.5. The Morgan fingerprint density at radius 3 is 2.52 bits per heavy atom. The van der Waals surface area contributed by atoms with Gasteiger partial charge in [0.05, 0.1) is 11.6 Å². The van der Waals surface area contributed by atoms with Gasteiger partial charge in [-0.15, -0.1) is 0 Å². The molecule has 1 N–H and O–H groups in total. The molecule has 0 aliphatic rings. The normalized spacial score (nSPS) is 10.8. The SMILES string of the molecule is Cc1cc(C#N)ccc1-c1ccc2[nH]c(-c3ccccc3Cl)cc2c1. The van der Waals surface area contributed by atoms with Crippen LogP contribution in [0.2, 0.25) is 5.02 Å². The fourth-order valence-electron chi connectivity index (χ4n) is 3.18. The van der Waals surface area contributed by atoms with Crippen LogP contribution in [-0.4, -0.2) is 4.98 Å². The Balaban J connectivity index is 1.82. The molecule has 0 saturated carbocycles. The predicted molar refractivity (Wildman–Crippen MR) is 104 cm³/mol. The molecule has 120 valence electrons. The van der Waals surface area contributed by atoms with Crippen molar-refractivity contribution in [2.75, 3.05) is 0 Å². The van der Waals surface area contributed by atoms with Gasteiger partial charge < -0.3 is 4.98 Å². The zero-order valence-electron chi connectivity index (χ0n) is 13.7. The van der Waals surface area contributed by atoms with Crippen LogP contribution in [0.3, 0.4) is 0 Å². The fourth-order valence-corrected chi connectivity index (χ4v) is 3.42. The molecule has 3 aromatic carbocycles. The lowest BCUT2D eigenvalue weighted by Crippen LogP contribution is -1.85. The van der Waals surface area contributed by atoms with E-state index in [0.717, 1.165) is 43.9 Å². The lowest BCUT2D eigenvalue weighted by Gasteiger charge is -2.06. The number of rotatable bonds is 2. The van der Waals surface area contributed by atoms with Crippen LogP contribution in [0.25, 0.3) is 33.3 Å². The van der Waals surface area contributed by atoms with Crippen LogP contribution in [0.4, 0.5) is 0 Å². The highest BCUT2D eigenvalue weighted by Gasteiger charge is 2.09. The Morgan fingerprint density at radius 2 is 1.76 bits per heavy atom. The van der Waals surface area contributed by atoms with Gasteiger partial charge in [-0.1, -0.05) is 41.9 Å². The Bertz CT molecular complexity index is 1130. The largest absolute Gasteiger partial charge is 0.354 e. The van der Waals surface area contributed by atoms with Gasteiger partial charge in [-0.25, -0.2) is 0 Å². The Morgan fingerprint density at radius 1 is 0.920 bits per heavy atom. The van der Waals surface area contributed by atoms with Crippen molar-refractivity contribution in [2.24, 2.45) is 0 Å². The summed E-state index contributed by atoms with van der Waals surface area (Å²) in [6.45, 7) is 2.03. The molecule has 0 spiro atoms. The molecule has 0 aliphatic heterocycles. The standard InChI is InChI=1S/C22H15ClN2/c1-14-10-15(13-24)6-8-18(14)16-7-9-21-17(11-16)12-22(25-21)19-4-2-3-5-20(19)23/h2-12,25H,1H3. The average molecular weight is 343 g/mol. The summed E-state index contributed by atoms with van der Waals surface area (Å²) >= 11 is 6.32. The monoisotopic (exact) mass is 342 g/mol. The molecule has 0 saturated heterocycles. The van der Waals surface area contributed by atoms with Gasteiger partial charge in [0, 0.05) is 27.2 Å². The van der Waals surface area contributed by atoms with Gasteiger partial charge in [-0.05, 0) is 60.0 Å². The van der Waals surface area contributed by atoms with Crippen molar-refractivity contribution in [2.45, 2.75) is 6.92 Å². The van der Waals surface area contributed by atoms with Gasteiger partial charge in [0.25, 0.3) is 0 Å². The summed E-state index contributed by atoms with van der Waals surface area (Å²) in [5, 5.41) is 10.9. The Kier molecular flexibility index (Phi) is 3.80. The maximum atomic E-state index is 9.03. The van der Waals surface area contributed by atoms with E-state index in [-0.39, 0.29) is 0 Å². The van der Waals surface area contributed by atoms with Crippen LogP contribution in [-0.2, 0) is 0 Å².